The van der Waals surface area contributed by atoms with Gasteiger partial charge in [-0.15, -0.1) is 0 Å². The Morgan fingerprint density at radius 2 is 2.23 bits per heavy atom. The molecule has 76 valence electrons. The first-order valence-corrected chi connectivity index (χ1v) is 4.54. The summed E-state index contributed by atoms with van der Waals surface area (Å²) in [5, 5.41) is 0. The van der Waals surface area contributed by atoms with E-state index in [0.29, 0.717) is 13.2 Å². The number of hydrogen-bond acceptors (Lipinski definition) is 4. The maximum absolute atomic E-state index is 5.82. The van der Waals surface area contributed by atoms with Crippen LogP contribution < -0.4 is 0 Å². The van der Waals surface area contributed by atoms with Gasteiger partial charge in [-0.3, -0.25) is 0 Å². The first kappa shape index (κ1) is 9.40. The van der Waals surface area contributed by atoms with E-state index in [-0.39, 0.29) is 23.9 Å². The van der Waals surface area contributed by atoms with Gasteiger partial charge in [0.15, 0.2) is 0 Å². The number of methoxy groups -OCH3 is 2. The third-order valence-corrected chi connectivity index (χ3v) is 2.86. The minimum Gasteiger partial charge on any atom is -0.381 e. The first-order valence-electron chi connectivity index (χ1n) is 4.54. The normalized spacial score (nSPS) is 48.7. The Kier molecular flexibility index (Phi) is 2.32. The third-order valence-electron chi connectivity index (χ3n) is 2.86. The SMILES string of the molecule is COC[C@@]12CO[C@@H]([C@H](C)O1)[C@@H]2OC. The highest BCUT2D eigenvalue weighted by Crippen LogP contribution is 2.41. The second kappa shape index (κ2) is 3.20. The molecule has 2 saturated heterocycles. The molecule has 2 heterocycles. The summed E-state index contributed by atoms with van der Waals surface area (Å²) in [6.07, 6.45) is 0.191. The van der Waals surface area contributed by atoms with E-state index in [1.807, 2.05) is 6.92 Å². The Morgan fingerprint density at radius 1 is 1.46 bits per heavy atom. The molecule has 0 aromatic heterocycles. The second-order valence-corrected chi connectivity index (χ2v) is 3.75. The van der Waals surface area contributed by atoms with Crippen LogP contribution in [0.25, 0.3) is 0 Å². The van der Waals surface area contributed by atoms with Gasteiger partial charge in [0.05, 0.1) is 19.3 Å². The summed E-state index contributed by atoms with van der Waals surface area (Å²) >= 11 is 0. The standard InChI is InChI=1S/C9H16O4/c1-6-7-8(11-3)9(13-6,4-10-2)5-12-7/h6-8H,4-5H2,1-3H3/t6-,7-,8-,9-/m0/s1. The van der Waals surface area contributed by atoms with Crippen LogP contribution >= 0.6 is 0 Å². The molecule has 13 heavy (non-hydrogen) atoms. The smallest absolute Gasteiger partial charge is 0.144 e. The summed E-state index contributed by atoms with van der Waals surface area (Å²) in [5.41, 5.74) is -0.367. The van der Waals surface area contributed by atoms with Crippen molar-refractivity contribution in [1.82, 2.24) is 0 Å². The van der Waals surface area contributed by atoms with Crippen LogP contribution in [0.5, 0.6) is 0 Å². The van der Waals surface area contributed by atoms with Crippen LogP contribution in [0.1, 0.15) is 6.92 Å². The van der Waals surface area contributed by atoms with Crippen molar-refractivity contribution in [2.24, 2.45) is 0 Å². The Balaban J connectivity index is 2.17. The van der Waals surface area contributed by atoms with Crippen molar-refractivity contribution in [1.29, 1.82) is 0 Å². The largest absolute Gasteiger partial charge is 0.381 e. The lowest BCUT2D eigenvalue weighted by Crippen LogP contribution is -2.45. The monoisotopic (exact) mass is 188 g/mol. The van der Waals surface area contributed by atoms with Gasteiger partial charge in [0.2, 0.25) is 0 Å². The molecule has 0 aromatic rings. The number of rotatable bonds is 3. The van der Waals surface area contributed by atoms with E-state index in [4.69, 9.17) is 18.9 Å². The highest BCUT2D eigenvalue weighted by molar-refractivity contribution is 5.07. The Morgan fingerprint density at radius 3 is 2.77 bits per heavy atom. The predicted octanol–water partition coefficient (Wildman–Crippen LogP) is 0.204. The second-order valence-electron chi connectivity index (χ2n) is 3.75. The topological polar surface area (TPSA) is 36.9 Å². The number of hydrogen-bond donors (Lipinski definition) is 0. The average molecular weight is 188 g/mol. The molecule has 2 rings (SSSR count). The molecule has 2 bridgehead atoms. The quantitative estimate of drug-likeness (QED) is 0.634. The third kappa shape index (κ3) is 1.21. The van der Waals surface area contributed by atoms with Crippen LogP contribution in [0.15, 0.2) is 0 Å². The number of fused-ring (bicyclic) bond motifs is 2. The highest BCUT2D eigenvalue weighted by atomic mass is 16.7. The molecule has 0 amide bonds. The molecule has 0 aromatic carbocycles. The maximum atomic E-state index is 5.82. The summed E-state index contributed by atoms with van der Waals surface area (Å²) in [6.45, 7) is 3.12. The van der Waals surface area contributed by atoms with E-state index in [0.717, 1.165) is 0 Å². The van der Waals surface area contributed by atoms with Crippen molar-refractivity contribution >= 4 is 0 Å². The van der Waals surface area contributed by atoms with Crippen LogP contribution in [-0.4, -0.2) is 51.3 Å². The van der Waals surface area contributed by atoms with Gasteiger partial charge in [0, 0.05) is 14.2 Å². The zero-order valence-corrected chi connectivity index (χ0v) is 8.28. The molecule has 0 spiro atoms. The van der Waals surface area contributed by atoms with Gasteiger partial charge < -0.3 is 18.9 Å². The molecule has 0 unspecified atom stereocenters. The highest BCUT2D eigenvalue weighted by Gasteiger charge is 2.60. The van der Waals surface area contributed by atoms with Gasteiger partial charge in [-0.1, -0.05) is 0 Å². The molecule has 0 saturated carbocycles. The van der Waals surface area contributed by atoms with Crippen molar-refractivity contribution in [3.05, 3.63) is 0 Å². The summed E-state index contributed by atoms with van der Waals surface area (Å²) in [4.78, 5) is 0. The Hall–Kier alpha value is -0.160. The molecule has 2 aliphatic rings. The lowest BCUT2D eigenvalue weighted by atomic mass is 10.00. The maximum Gasteiger partial charge on any atom is 0.144 e. The molecule has 2 aliphatic heterocycles. The summed E-state index contributed by atoms with van der Waals surface area (Å²) < 4.78 is 21.9. The Labute approximate surface area is 78.1 Å². The van der Waals surface area contributed by atoms with Gasteiger partial charge in [-0.05, 0) is 6.92 Å². The summed E-state index contributed by atoms with van der Waals surface area (Å²) in [7, 11) is 3.36. The summed E-state index contributed by atoms with van der Waals surface area (Å²) in [6, 6.07) is 0. The van der Waals surface area contributed by atoms with Crippen LogP contribution in [0.4, 0.5) is 0 Å². The fourth-order valence-corrected chi connectivity index (χ4v) is 2.38. The Bertz CT molecular complexity index is 196. The van der Waals surface area contributed by atoms with Gasteiger partial charge in [0.1, 0.15) is 17.8 Å². The molecule has 0 aliphatic carbocycles. The van der Waals surface area contributed by atoms with Crippen molar-refractivity contribution in [2.45, 2.75) is 30.8 Å². The molecule has 0 radical (unpaired) electrons. The first-order chi connectivity index (χ1) is 6.23. The molecule has 4 nitrogen and oxygen atoms in total. The van der Waals surface area contributed by atoms with E-state index in [9.17, 15) is 0 Å². The zero-order valence-electron chi connectivity index (χ0n) is 8.28. The molecular formula is C9H16O4. The minimum absolute atomic E-state index is 0.0162. The van der Waals surface area contributed by atoms with Gasteiger partial charge in [0.25, 0.3) is 0 Å². The molecule has 4 heteroatoms. The molecule has 0 N–H and O–H groups in total. The van der Waals surface area contributed by atoms with Crippen LogP contribution in [-0.2, 0) is 18.9 Å². The lowest BCUT2D eigenvalue weighted by molar-refractivity contribution is -0.161. The minimum atomic E-state index is -0.367. The molecular weight excluding hydrogens is 172 g/mol. The van der Waals surface area contributed by atoms with Gasteiger partial charge >= 0.3 is 0 Å². The number of ether oxygens (including phenoxy) is 4. The van der Waals surface area contributed by atoms with Crippen molar-refractivity contribution in [3.8, 4) is 0 Å². The van der Waals surface area contributed by atoms with Gasteiger partial charge in [-0.25, -0.2) is 0 Å². The molecule has 2 fully saturated rings. The molecule has 4 atom stereocenters. The average Bonchev–Trinajstić information content (AvgIpc) is 2.55. The fraction of sp³-hybridized carbons (Fsp3) is 1.00. The lowest BCUT2D eigenvalue weighted by Gasteiger charge is -2.29. The zero-order chi connectivity index (χ0) is 9.47. The summed E-state index contributed by atoms with van der Waals surface area (Å²) in [5.74, 6) is 0. The van der Waals surface area contributed by atoms with Crippen LogP contribution in [0.3, 0.4) is 0 Å². The van der Waals surface area contributed by atoms with Crippen molar-refractivity contribution in [2.75, 3.05) is 27.4 Å². The van der Waals surface area contributed by atoms with Crippen molar-refractivity contribution in [3.63, 3.8) is 0 Å². The van der Waals surface area contributed by atoms with Gasteiger partial charge in [-0.2, -0.15) is 0 Å². The predicted molar refractivity (Wildman–Crippen MR) is 45.7 cm³/mol. The van der Waals surface area contributed by atoms with Crippen LogP contribution in [0, 0.1) is 0 Å². The van der Waals surface area contributed by atoms with E-state index < -0.39 is 0 Å². The van der Waals surface area contributed by atoms with E-state index in [1.165, 1.54) is 0 Å². The van der Waals surface area contributed by atoms with Crippen LogP contribution in [0.2, 0.25) is 0 Å². The van der Waals surface area contributed by atoms with E-state index in [2.05, 4.69) is 0 Å². The van der Waals surface area contributed by atoms with Crippen molar-refractivity contribution < 1.29 is 18.9 Å². The van der Waals surface area contributed by atoms with E-state index in [1.54, 1.807) is 14.2 Å². The fourth-order valence-electron chi connectivity index (χ4n) is 2.38. The van der Waals surface area contributed by atoms with E-state index >= 15 is 0 Å².